The molecular weight excluding hydrogens is 332 g/mol. The van der Waals surface area contributed by atoms with Crippen molar-refractivity contribution >= 4 is 12.1 Å². The number of hydrogen-bond donors (Lipinski definition) is 2. The molecule has 1 aromatic carbocycles. The zero-order valence-corrected chi connectivity index (χ0v) is 16.1. The second kappa shape index (κ2) is 10.8. The summed E-state index contributed by atoms with van der Waals surface area (Å²) >= 11 is 0. The van der Waals surface area contributed by atoms with E-state index in [0.29, 0.717) is 0 Å². The van der Waals surface area contributed by atoms with Crippen molar-refractivity contribution < 1.29 is 19.4 Å². The first kappa shape index (κ1) is 22.0. The summed E-state index contributed by atoms with van der Waals surface area (Å²) in [6.07, 6.45) is 3.85. The maximum absolute atomic E-state index is 10.2. The Morgan fingerprint density at radius 2 is 1.62 bits per heavy atom. The average molecular weight is 364 g/mol. The lowest BCUT2D eigenvalue weighted by Crippen LogP contribution is -2.41. The predicted octanol–water partition coefficient (Wildman–Crippen LogP) is 3.30. The van der Waals surface area contributed by atoms with Crippen LogP contribution in [0.2, 0.25) is 0 Å². The van der Waals surface area contributed by atoms with Gasteiger partial charge in [0.25, 0.3) is 0 Å². The van der Waals surface area contributed by atoms with Crippen LogP contribution in [0.4, 0.5) is 4.79 Å². The Morgan fingerprint density at radius 3 is 1.85 bits per heavy atom. The van der Waals surface area contributed by atoms with E-state index in [0.717, 1.165) is 11.5 Å². The average Bonchev–Trinajstić information content (AvgIpc) is 2.56. The normalized spacial score (nSPS) is 20.7. The molecule has 6 nitrogen and oxygen atoms in total. The minimum Gasteiger partial charge on any atom is -0.481 e. The van der Waals surface area contributed by atoms with Crippen LogP contribution < -0.4 is 5.73 Å². The predicted molar refractivity (Wildman–Crippen MR) is 102 cm³/mol. The molecule has 0 radical (unpaired) electrons. The summed E-state index contributed by atoms with van der Waals surface area (Å²) in [6.45, 7) is 9.47. The summed E-state index contributed by atoms with van der Waals surface area (Å²) in [5, 5.41) is 8.37. The highest BCUT2D eigenvalue weighted by Gasteiger charge is 2.24. The number of benzene rings is 1. The molecule has 3 aliphatic heterocycles. The molecule has 3 heterocycles. The summed E-state index contributed by atoms with van der Waals surface area (Å²) in [5.74, 6) is 0.325. The number of amides is 1. The molecule has 3 aliphatic rings. The molecule has 0 spiro atoms. The fraction of sp³-hybridized carbons (Fsp3) is 0.600. The Balaban J connectivity index is 0.000000197. The summed E-state index contributed by atoms with van der Waals surface area (Å²) < 4.78 is 4.58. The fourth-order valence-electron chi connectivity index (χ4n) is 2.94. The number of carboxylic acids is 1. The molecule has 6 heteroatoms. The number of carbonyl (C=O) groups is 2. The van der Waals surface area contributed by atoms with E-state index in [1.807, 2.05) is 18.2 Å². The first-order valence-electron chi connectivity index (χ1n) is 9.12. The molecule has 0 atom stereocenters. The smallest absolute Gasteiger partial charge is 0.405 e. The van der Waals surface area contributed by atoms with Gasteiger partial charge in [0.15, 0.2) is 0 Å². The number of nitrogens with two attached hydrogens (primary N) is 1. The van der Waals surface area contributed by atoms with Gasteiger partial charge in [-0.3, -0.25) is 4.79 Å². The molecule has 0 saturated carbocycles. The zero-order valence-electron chi connectivity index (χ0n) is 16.1. The maximum Gasteiger partial charge on any atom is 0.405 e. The number of rotatable bonds is 2. The molecular formula is C20H32N2O4. The van der Waals surface area contributed by atoms with Crippen molar-refractivity contribution in [3.05, 3.63) is 35.9 Å². The van der Waals surface area contributed by atoms with Crippen LogP contribution in [0.5, 0.6) is 0 Å². The van der Waals surface area contributed by atoms with E-state index in [1.165, 1.54) is 38.9 Å². The highest BCUT2D eigenvalue weighted by molar-refractivity contribution is 5.70. The molecule has 146 valence electrons. The maximum atomic E-state index is 10.2. The molecule has 0 unspecified atom stereocenters. The van der Waals surface area contributed by atoms with Gasteiger partial charge in [-0.25, -0.2) is 4.79 Å². The largest absolute Gasteiger partial charge is 0.481 e. The molecule has 26 heavy (non-hydrogen) atoms. The van der Waals surface area contributed by atoms with Gasteiger partial charge in [-0.1, -0.05) is 30.3 Å². The van der Waals surface area contributed by atoms with Crippen molar-refractivity contribution in [2.24, 2.45) is 11.7 Å². The van der Waals surface area contributed by atoms with Crippen LogP contribution in [0.3, 0.4) is 0 Å². The zero-order chi connectivity index (χ0) is 19.6. The molecule has 3 saturated heterocycles. The minimum atomic E-state index is -0.786. The topological polar surface area (TPSA) is 92.9 Å². The molecule has 4 rings (SSSR count). The lowest BCUT2D eigenvalue weighted by Gasteiger charge is -2.38. The van der Waals surface area contributed by atoms with E-state index in [-0.39, 0.29) is 6.42 Å². The number of hydrogen-bond acceptors (Lipinski definition) is 4. The van der Waals surface area contributed by atoms with E-state index >= 15 is 0 Å². The lowest BCUT2D eigenvalue weighted by molar-refractivity contribution is -0.136. The molecule has 3 N–H and O–H groups in total. The van der Waals surface area contributed by atoms with Gasteiger partial charge in [0.2, 0.25) is 0 Å². The van der Waals surface area contributed by atoms with E-state index in [2.05, 4.69) is 9.64 Å². The number of carboxylic acid groups (broad SMARTS) is 1. The van der Waals surface area contributed by atoms with Crippen LogP contribution in [0.1, 0.15) is 45.6 Å². The SMILES string of the molecule is C1CN2CCC1CC2.CC(C)(C)OC(N)=O.O=C(O)Cc1ccccc1. The van der Waals surface area contributed by atoms with Gasteiger partial charge in [0.1, 0.15) is 5.60 Å². The van der Waals surface area contributed by atoms with Gasteiger partial charge in [-0.2, -0.15) is 0 Å². The quantitative estimate of drug-likeness (QED) is 0.840. The highest BCUT2D eigenvalue weighted by Crippen LogP contribution is 2.26. The van der Waals surface area contributed by atoms with Crippen molar-refractivity contribution in [3.8, 4) is 0 Å². The molecule has 0 aromatic heterocycles. The number of nitrogens with zero attached hydrogens (tertiary/aromatic N) is 1. The Labute approximate surface area is 156 Å². The number of aliphatic carboxylic acids is 1. The molecule has 2 bridgehead atoms. The Morgan fingerprint density at radius 1 is 1.12 bits per heavy atom. The summed E-state index contributed by atoms with van der Waals surface area (Å²) in [6, 6.07) is 9.13. The van der Waals surface area contributed by atoms with Crippen LogP contribution in [-0.4, -0.2) is 47.3 Å². The van der Waals surface area contributed by atoms with Gasteiger partial charge in [-0.05, 0) is 71.1 Å². The van der Waals surface area contributed by atoms with Gasteiger partial charge < -0.3 is 20.5 Å². The van der Waals surface area contributed by atoms with E-state index in [4.69, 9.17) is 10.8 Å². The number of primary amides is 1. The van der Waals surface area contributed by atoms with Crippen LogP contribution >= 0.6 is 0 Å². The van der Waals surface area contributed by atoms with Crippen LogP contribution in [-0.2, 0) is 16.0 Å². The highest BCUT2D eigenvalue weighted by atomic mass is 16.6. The third kappa shape index (κ3) is 10.7. The van der Waals surface area contributed by atoms with Crippen LogP contribution in [0.25, 0.3) is 0 Å². The molecule has 1 amide bonds. The standard InChI is InChI=1S/C8H8O2.C7H13N.C5H11NO2/c9-8(10)6-7-4-2-1-3-5-7;1-4-8-5-2-7(1)3-6-8;1-5(2,3)8-4(6)7/h1-5H,6H2,(H,9,10);7H,1-6H2;1-3H3,(H2,6,7). The number of fused-ring (bicyclic) bond motifs is 3. The Kier molecular flexibility index (Phi) is 9.13. The van der Waals surface area contributed by atoms with Gasteiger partial charge >= 0.3 is 12.1 Å². The molecule has 1 aromatic rings. The van der Waals surface area contributed by atoms with Crippen LogP contribution in [0.15, 0.2) is 30.3 Å². The van der Waals surface area contributed by atoms with Gasteiger partial charge in [-0.15, -0.1) is 0 Å². The van der Waals surface area contributed by atoms with Gasteiger partial charge in [0.05, 0.1) is 6.42 Å². The van der Waals surface area contributed by atoms with Crippen molar-refractivity contribution in [3.63, 3.8) is 0 Å². The fourth-order valence-corrected chi connectivity index (χ4v) is 2.94. The summed E-state index contributed by atoms with van der Waals surface area (Å²) in [4.78, 5) is 22.8. The second-order valence-electron chi connectivity index (χ2n) is 7.66. The van der Waals surface area contributed by atoms with Crippen molar-refractivity contribution in [1.29, 1.82) is 0 Å². The number of ether oxygens (including phenoxy) is 1. The molecule has 0 aliphatic carbocycles. The summed E-state index contributed by atoms with van der Waals surface area (Å²) in [7, 11) is 0. The third-order valence-electron chi connectivity index (χ3n) is 4.17. The van der Waals surface area contributed by atoms with Gasteiger partial charge in [0, 0.05) is 0 Å². The lowest BCUT2D eigenvalue weighted by atomic mass is 9.89. The Hall–Kier alpha value is -2.08. The monoisotopic (exact) mass is 364 g/mol. The second-order valence-corrected chi connectivity index (χ2v) is 7.66. The summed E-state index contributed by atoms with van der Waals surface area (Å²) in [5.41, 5.74) is 5.11. The number of carbonyl (C=O) groups excluding carboxylic acids is 1. The van der Waals surface area contributed by atoms with Crippen LogP contribution in [0, 0.1) is 5.92 Å². The van der Waals surface area contributed by atoms with Crippen molar-refractivity contribution in [2.45, 2.75) is 52.1 Å². The first-order chi connectivity index (χ1) is 12.2. The van der Waals surface area contributed by atoms with E-state index in [9.17, 15) is 9.59 Å². The minimum absolute atomic E-state index is 0.112. The van der Waals surface area contributed by atoms with Crippen molar-refractivity contribution in [2.75, 3.05) is 19.6 Å². The van der Waals surface area contributed by atoms with Crippen molar-refractivity contribution in [1.82, 2.24) is 4.90 Å². The Bertz CT molecular complexity index is 524. The van der Waals surface area contributed by atoms with E-state index in [1.54, 1.807) is 32.9 Å². The number of piperidine rings is 3. The molecule has 3 fully saturated rings. The third-order valence-corrected chi connectivity index (χ3v) is 4.17. The van der Waals surface area contributed by atoms with E-state index < -0.39 is 17.7 Å². The first-order valence-corrected chi connectivity index (χ1v) is 9.12.